The molecule has 0 saturated carbocycles. The van der Waals surface area contributed by atoms with E-state index in [1.54, 1.807) is 18.2 Å². The van der Waals surface area contributed by atoms with Crippen LogP contribution in [0.4, 0.5) is 14.5 Å². The summed E-state index contributed by atoms with van der Waals surface area (Å²) in [4.78, 5) is 12.1. The largest absolute Gasteiger partial charge is 0.335 e. The quantitative estimate of drug-likeness (QED) is 0.298. The molecule has 4 N–H and O–H groups in total. The third kappa shape index (κ3) is 4.67. The van der Waals surface area contributed by atoms with Crippen molar-refractivity contribution in [2.45, 2.75) is 5.16 Å². The first-order chi connectivity index (χ1) is 14.9. The van der Waals surface area contributed by atoms with Gasteiger partial charge < -0.3 is 11.2 Å². The van der Waals surface area contributed by atoms with E-state index in [-0.39, 0.29) is 16.6 Å². The normalized spacial score (nSPS) is 10.9. The molecule has 0 aliphatic heterocycles. The minimum Gasteiger partial charge on any atom is -0.335 e. The molecule has 158 valence electrons. The number of nitrogens with zero attached hydrogens (tertiary/aromatic N) is 4. The lowest BCUT2D eigenvalue weighted by molar-refractivity contribution is -0.113. The van der Waals surface area contributed by atoms with Crippen molar-refractivity contribution in [1.29, 1.82) is 0 Å². The van der Waals surface area contributed by atoms with E-state index in [4.69, 9.17) is 17.4 Å². The first-order valence-corrected chi connectivity index (χ1v) is 10.2. The maximum Gasteiger partial charge on any atom is 0.234 e. The molecule has 0 radical (unpaired) electrons. The number of nitrogens with two attached hydrogens (primary N) is 1. The summed E-state index contributed by atoms with van der Waals surface area (Å²) < 4.78 is 27.4. The van der Waals surface area contributed by atoms with Gasteiger partial charge in [0.15, 0.2) is 11.6 Å². The second-order valence-electron chi connectivity index (χ2n) is 6.32. The molecule has 0 unspecified atom stereocenters. The highest BCUT2D eigenvalue weighted by atomic mass is 35.5. The summed E-state index contributed by atoms with van der Waals surface area (Å²) in [6, 6.07) is 12.1. The summed E-state index contributed by atoms with van der Waals surface area (Å²) in [5.41, 5.74) is 2.22. The Labute approximate surface area is 183 Å². The number of halogens is 3. The fraction of sp³-hybridized carbons (Fsp3) is 0.0526. The number of aromatic nitrogens is 5. The predicted octanol–water partition coefficient (Wildman–Crippen LogP) is 3.71. The second-order valence-corrected chi connectivity index (χ2v) is 7.69. The number of H-pyrrole nitrogens is 1. The van der Waals surface area contributed by atoms with Gasteiger partial charge in [-0.2, -0.15) is 5.10 Å². The van der Waals surface area contributed by atoms with Crippen molar-refractivity contribution in [3.05, 3.63) is 65.2 Å². The van der Waals surface area contributed by atoms with E-state index in [0.29, 0.717) is 22.2 Å². The van der Waals surface area contributed by atoms with Gasteiger partial charge in [-0.25, -0.2) is 13.5 Å². The van der Waals surface area contributed by atoms with E-state index in [9.17, 15) is 13.6 Å². The number of hydrogen-bond acceptors (Lipinski definition) is 6. The number of rotatable bonds is 6. The fourth-order valence-electron chi connectivity index (χ4n) is 2.66. The maximum atomic E-state index is 13.2. The summed E-state index contributed by atoms with van der Waals surface area (Å²) in [7, 11) is 0. The molecule has 2 aromatic carbocycles. The summed E-state index contributed by atoms with van der Waals surface area (Å²) >= 11 is 6.94. The van der Waals surface area contributed by atoms with Gasteiger partial charge in [-0.05, 0) is 30.3 Å². The van der Waals surface area contributed by atoms with Crippen molar-refractivity contribution in [2.24, 2.45) is 0 Å². The molecule has 4 rings (SSSR count). The van der Waals surface area contributed by atoms with Gasteiger partial charge in [0.25, 0.3) is 0 Å². The van der Waals surface area contributed by atoms with E-state index in [2.05, 4.69) is 25.7 Å². The molecule has 4 aromatic rings. The topological polar surface area (TPSA) is 115 Å². The molecule has 0 aliphatic carbocycles. The molecular formula is C19H14ClF2N7OS. The number of aromatic amines is 1. The molecule has 0 fully saturated rings. The lowest BCUT2D eigenvalue weighted by atomic mass is 10.1. The number of amides is 1. The maximum absolute atomic E-state index is 13.2. The lowest BCUT2D eigenvalue weighted by Crippen LogP contribution is -2.16. The third-order valence-corrected chi connectivity index (χ3v) is 5.35. The lowest BCUT2D eigenvalue weighted by Gasteiger charge is -2.05. The molecule has 1 amide bonds. The molecule has 0 aliphatic rings. The Hall–Kier alpha value is -3.44. The van der Waals surface area contributed by atoms with E-state index >= 15 is 0 Å². The molecule has 0 spiro atoms. The van der Waals surface area contributed by atoms with Gasteiger partial charge in [0.1, 0.15) is 5.69 Å². The van der Waals surface area contributed by atoms with Gasteiger partial charge in [0.05, 0.1) is 11.4 Å². The van der Waals surface area contributed by atoms with Gasteiger partial charge in [-0.15, -0.1) is 10.2 Å². The molecule has 31 heavy (non-hydrogen) atoms. The molecule has 0 atom stereocenters. The SMILES string of the molecule is Nn1c(SCC(=O)Nc2ccc(F)c(F)c2)nnc1-c1cc(-c2ccc(Cl)cc2)n[nH]1. The number of thioether (sulfide) groups is 1. The van der Waals surface area contributed by atoms with Crippen molar-refractivity contribution < 1.29 is 13.6 Å². The highest BCUT2D eigenvalue weighted by molar-refractivity contribution is 7.99. The van der Waals surface area contributed by atoms with E-state index in [0.717, 1.165) is 29.5 Å². The van der Waals surface area contributed by atoms with Crippen LogP contribution in [0.25, 0.3) is 22.8 Å². The summed E-state index contributed by atoms with van der Waals surface area (Å²) in [5.74, 6) is 3.85. The number of carbonyl (C=O) groups is 1. The molecule has 2 aromatic heterocycles. The first-order valence-electron chi connectivity index (χ1n) is 8.80. The summed E-state index contributed by atoms with van der Waals surface area (Å²) in [6.07, 6.45) is 0. The van der Waals surface area contributed by atoms with Gasteiger partial charge >= 0.3 is 0 Å². The predicted molar refractivity (Wildman–Crippen MR) is 114 cm³/mol. The molecule has 8 nitrogen and oxygen atoms in total. The molecule has 0 saturated heterocycles. The third-order valence-electron chi connectivity index (χ3n) is 4.16. The van der Waals surface area contributed by atoms with Crippen LogP contribution < -0.4 is 11.2 Å². The molecule has 0 bridgehead atoms. The number of anilines is 1. The Bertz CT molecular complexity index is 1240. The highest BCUT2D eigenvalue weighted by Gasteiger charge is 2.16. The highest BCUT2D eigenvalue weighted by Crippen LogP contribution is 2.25. The van der Waals surface area contributed by atoms with Crippen LogP contribution in [0, 0.1) is 11.6 Å². The minimum atomic E-state index is -1.05. The van der Waals surface area contributed by atoms with Crippen molar-refractivity contribution in [3.8, 4) is 22.8 Å². The zero-order chi connectivity index (χ0) is 22.0. The Morgan fingerprint density at radius 2 is 1.90 bits per heavy atom. The van der Waals surface area contributed by atoms with Crippen LogP contribution in [-0.4, -0.2) is 36.7 Å². The van der Waals surface area contributed by atoms with E-state index in [1.165, 1.54) is 10.7 Å². The zero-order valence-electron chi connectivity index (χ0n) is 15.6. The number of nitrogens with one attached hydrogen (secondary N) is 2. The second kappa shape index (κ2) is 8.74. The van der Waals surface area contributed by atoms with Crippen LogP contribution >= 0.6 is 23.4 Å². The van der Waals surface area contributed by atoms with Crippen LogP contribution in [0.1, 0.15) is 0 Å². The average Bonchev–Trinajstić information content (AvgIpc) is 3.36. The van der Waals surface area contributed by atoms with Crippen LogP contribution in [0.3, 0.4) is 0 Å². The van der Waals surface area contributed by atoms with Crippen molar-refractivity contribution in [2.75, 3.05) is 16.9 Å². The Morgan fingerprint density at radius 1 is 1.13 bits per heavy atom. The number of hydrogen-bond donors (Lipinski definition) is 3. The van der Waals surface area contributed by atoms with Crippen LogP contribution in [0.15, 0.2) is 53.7 Å². The smallest absolute Gasteiger partial charge is 0.234 e. The number of nitrogen functional groups attached to an aromatic ring is 1. The average molecular weight is 462 g/mol. The van der Waals surface area contributed by atoms with E-state index < -0.39 is 17.5 Å². The Balaban J connectivity index is 1.42. The van der Waals surface area contributed by atoms with E-state index in [1.807, 2.05) is 12.1 Å². The Morgan fingerprint density at radius 3 is 2.65 bits per heavy atom. The van der Waals surface area contributed by atoms with Crippen molar-refractivity contribution in [1.82, 2.24) is 25.1 Å². The number of benzene rings is 2. The Kier molecular flexibility index (Phi) is 5.87. The van der Waals surface area contributed by atoms with Crippen molar-refractivity contribution in [3.63, 3.8) is 0 Å². The van der Waals surface area contributed by atoms with Crippen LogP contribution in [0.5, 0.6) is 0 Å². The van der Waals surface area contributed by atoms with Gasteiger partial charge in [0.2, 0.25) is 16.9 Å². The van der Waals surface area contributed by atoms with Crippen molar-refractivity contribution >= 4 is 35.0 Å². The monoisotopic (exact) mass is 461 g/mol. The minimum absolute atomic E-state index is 0.0622. The van der Waals surface area contributed by atoms with Gasteiger partial charge in [0, 0.05) is 22.3 Å². The standard InChI is InChI=1S/C19H14ClF2N7OS/c20-11-3-1-10(2-4-11)15-8-16(26-25-15)18-27-28-19(29(18)23)31-9-17(30)24-12-5-6-13(21)14(22)7-12/h1-8H,9,23H2,(H,24,30)(H,25,26). The first kappa shape index (κ1) is 20.8. The molecular weight excluding hydrogens is 448 g/mol. The zero-order valence-corrected chi connectivity index (χ0v) is 17.2. The van der Waals surface area contributed by atoms with Crippen LogP contribution in [0.2, 0.25) is 5.02 Å². The van der Waals surface area contributed by atoms with Gasteiger partial charge in [-0.1, -0.05) is 35.5 Å². The van der Waals surface area contributed by atoms with Gasteiger partial charge in [-0.3, -0.25) is 9.89 Å². The summed E-state index contributed by atoms with van der Waals surface area (Å²) in [6.45, 7) is 0. The molecule has 2 heterocycles. The molecule has 12 heteroatoms. The summed E-state index contributed by atoms with van der Waals surface area (Å²) in [5, 5.41) is 18.5. The van der Waals surface area contributed by atoms with Crippen LogP contribution in [-0.2, 0) is 4.79 Å². The number of carbonyl (C=O) groups excluding carboxylic acids is 1. The fourth-order valence-corrected chi connectivity index (χ4v) is 3.45.